The van der Waals surface area contributed by atoms with Crippen LogP contribution in [0.1, 0.15) is 23.2 Å². The first-order valence-corrected chi connectivity index (χ1v) is 11.1. The highest BCUT2D eigenvalue weighted by Gasteiger charge is 2.29. The van der Waals surface area contributed by atoms with Crippen LogP contribution in [0, 0.1) is 5.92 Å². The number of carbonyl (C=O) groups excluding carboxylic acids is 2. The second kappa shape index (κ2) is 9.09. The highest BCUT2D eigenvalue weighted by atomic mass is 35.5. The van der Waals surface area contributed by atoms with Crippen molar-refractivity contribution >= 4 is 38.9 Å². The molecule has 1 fully saturated rings. The van der Waals surface area contributed by atoms with E-state index in [1.807, 2.05) is 0 Å². The summed E-state index contributed by atoms with van der Waals surface area (Å²) < 4.78 is 48.1. The molecule has 1 N–H and O–H groups in total. The Hall–Kier alpha value is -2.52. The number of rotatable bonds is 5. The lowest BCUT2D eigenvalue weighted by Gasteiger charge is -2.32. The molecule has 0 radical (unpaired) electrons. The number of hydrogen-bond donors (Lipinski definition) is 1. The third-order valence-electron chi connectivity index (χ3n) is 4.86. The molecule has 1 aliphatic rings. The van der Waals surface area contributed by atoms with Crippen LogP contribution in [0.15, 0.2) is 53.4 Å². The fourth-order valence-corrected chi connectivity index (χ4v) is 4.07. The Morgan fingerprint density at radius 1 is 1.07 bits per heavy atom. The van der Waals surface area contributed by atoms with E-state index in [-0.39, 0.29) is 24.0 Å². The van der Waals surface area contributed by atoms with Crippen molar-refractivity contribution in [2.45, 2.75) is 23.5 Å². The lowest BCUT2D eigenvalue weighted by molar-refractivity contribution is -0.121. The van der Waals surface area contributed by atoms with E-state index < -0.39 is 26.4 Å². The lowest BCUT2D eigenvalue weighted by atomic mass is 9.96. The fraction of sp³-hybridized carbons (Fsp3) is 0.300. The summed E-state index contributed by atoms with van der Waals surface area (Å²) in [5, 5.41) is 3.17. The maximum atomic E-state index is 12.7. The normalized spacial score (nSPS) is 17.1. The minimum Gasteiger partial charge on any atom is -0.338 e. The zero-order valence-electron chi connectivity index (χ0n) is 15.7. The van der Waals surface area contributed by atoms with E-state index in [9.17, 15) is 26.8 Å². The van der Waals surface area contributed by atoms with Gasteiger partial charge in [-0.2, -0.15) is 8.78 Å². The largest absolute Gasteiger partial charge is 0.341 e. The first-order valence-electron chi connectivity index (χ1n) is 9.16. The van der Waals surface area contributed by atoms with E-state index in [0.29, 0.717) is 30.0 Å². The van der Waals surface area contributed by atoms with Gasteiger partial charge in [-0.05, 0) is 61.4 Å². The van der Waals surface area contributed by atoms with Gasteiger partial charge in [0.1, 0.15) is 0 Å². The number of hydrogen-bond acceptors (Lipinski definition) is 4. The number of piperidine rings is 1. The Morgan fingerprint density at radius 3 is 2.30 bits per heavy atom. The van der Waals surface area contributed by atoms with Gasteiger partial charge in [-0.15, -0.1) is 0 Å². The highest BCUT2D eigenvalue weighted by molar-refractivity contribution is 7.91. The summed E-state index contributed by atoms with van der Waals surface area (Å²) in [6.45, 7) is 0.774. The molecule has 0 bridgehead atoms. The number of nitrogens with one attached hydrogen (secondary N) is 1. The molecule has 0 aromatic heterocycles. The Labute approximate surface area is 177 Å². The SMILES string of the molecule is O=C(Nc1ccc(S(=O)(=O)C(F)F)cc1)C1CCCN(C(=O)c2ccc(Cl)cc2)C1. The molecule has 160 valence electrons. The minimum absolute atomic E-state index is 0.189. The van der Waals surface area contributed by atoms with Gasteiger partial charge in [0.2, 0.25) is 15.7 Å². The van der Waals surface area contributed by atoms with E-state index in [2.05, 4.69) is 5.32 Å². The quantitative estimate of drug-likeness (QED) is 0.741. The van der Waals surface area contributed by atoms with Crippen molar-refractivity contribution in [3.63, 3.8) is 0 Å². The fourth-order valence-electron chi connectivity index (χ4n) is 3.23. The predicted molar refractivity (Wildman–Crippen MR) is 108 cm³/mol. The highest BCUT2D eigenvalue weighted by Crippen LogP contribution is 2.23. The molecule has 2 aromatic rings. The van der Waals surface area contributed by atoms with Gasteiger partial charge >= 0.3 is 5.76 Å². The summed E-state index contributed by atoms with van der Waals surface area (Å²) in [6.07, 6.45) is 1.25. The van der Waals surface area contributed by atoms with Gasteiger partial charge in [0.25, 0.3) is 5.91 Å². The Morgan fingerprint density at radius 2 is 1.70 bits per heavy atom. The predicted octanol–water partition coefficient (Wildman–Crippen LogP) is 3.83. The van der Waals surface area contributed by atoms with Crippen LogP contribution in [0.2, 0.25) is 5.02 Å². The van der Waals surface area contributed by atoms with Crippen LogP contribution in [0.5, 0.6) is 0 Å². The second-order valence-electron chi connectivity index (χ2n) is 6.92. The zero-order chi connectivity index (χ0) is 21.9. The molecule has 1 unspecified atom stereocenters. The van der Waals surface area contributed by atoms with Crippen molar-refractivity contribution in [2.24, 2.45) is 5.92 Å². The van der Waals surface area contributed by atoms with Crippen molar-refractivity contribution in [1.82, 2.24) is 4.90 Å². The molecule has 3 rings (SSSR count). The number of amides is 2. The van der Waals surface area contributed by atoms with Crippen molar-refractivity contribution in [2.75, 3.05) is 18.4 Å². The number of alkyl halides is 2. The smallest absolute Gasteiger partial charge is 0.338 e. The molecule has 6 nitrogen and oxygen atoms in total. The maximum Gasteiger partial charge on any atom is 0.341 e. The van der Waals surface area contributed by atoms with Crippen LogP contribution in [0.3, 0.4) is 0 Å². The first kappa shape index (κ1) is 22.2. The molecule has 0 spiro atoms. The third-order valence-corrected chi connectivity index (χ3v) is 6.51. The summed E-state index contributed by atoms with van der Waals surface area (Å²) in [5.41, 5.74) is 0.769. The van der Waals surface area contributed by atoms with Crippen molar-refractivity contribution in [1.29, 1.82) is 0 Å². The van der Waals surface area contributed by atoms with Crippen LogP contribution >= 0.6 is 11.6 Å². The molecule has 1 atom stereocenters. The van der Waals surface area contributed by atoms with Gasteiger partial charge in [-0.3, -0.25) is 9.59 Å². The maximum absolute atomic E-state index is 12.7. The standard InChI is InChI=1S/C20H19ClF2N2O4S/c21-15-5-3-13(4-6-15)19(27)25-11-1-2-14(12-25)18(26)24-16-7-9-17(10-8-16)30(28,29)20(22)23/h3-10,14,20H,1-2,11-12H2,(H,24,26). The molecule has 1 heterocycles. The van der Waals surface area contributed by atoms with E-state index in [4.69, 9.17) is 11.6 Å². The molecular weight excluding hydrogens is 438 g/mol. The molecule has 1 saturated heterocycles. The second-order valence-corrected chi connectivity index (χ2v) is 9.27. The lowest BCUT2D eigenvalue weighted by Crippen LogP contribution is -2.43. The summed E-state index contributed by atoms with van der Waals surface area (Å²) in [6, 6.07) is 11.1. The summed E-state index contributed by atoms with van der Waals surface area (Å²) in [5.74, 6) is -4.47. The first-order chi connectivity index (χ1) is 14.2. The molecule has 0 saturated carbocycles. The van der Waals surface area contributed by atoms with Crippen LogP contribution in [-0.4, -0.2) is 44.0 Å². The molecule has 2 amide bonds. The summed E-state index contributed by atoms with van der Waals surface area (Å²) in [7, 11) is -4.69. The summed E-state index contributed by atoms with van der Waals surface area (Å²) >= 11 is 5.85. The third kappa shape index (κ3) is 4.96. The Bertz CT molecular complexity index is 1030. The minimum atomic E-state index is -4.69. The number of halogens is 3. The molecule has 0 aliphatic carbocycles. The number of anilines is 1. The molecule has 30 heavy (non-hydrogen) atoms. The van der Waals surface area contributed by atoms with Gasteiger partial charge in [0, 0.05) is 29.4 Å². The topological polar surface area (TPSA) is 83.6 Å². The zero-order valence-corrected chi connectivity index (χ0v) is 17.3. The van der Waals surface area contributed by atoms with E-state index in [1.165, 1.54) is 12.1 Å². The van der Waals surface area contributed by atoms with Crippen LogP contribution in [0.25, 0.3) is 0 Å². The van der Waals surface area contributed by atoms with Crippen molar-refractivity contribution in [3.8, 4) is 0 Å². The van der Waals surface area contributed by atoms with Crippen LogP contribution in [-0.2, 0) is 14.6 Å². The van der Waals surface area contributed by atoms with Crippen molar-refractivity contribution < 1.29 is 26.8 Å². The van der Waals surface area contributed by atoms with Crippen LogP contribution in [0.4, 0.5) is 14.5 Å². The van der Waals surface area contributed by atoms with Gasteiger partial charge in [0.15, 0.2) is 0 Å². The Balaban J connectivity index is 1.64. The van der Waals surface area contributed by atoms with E-state index in [0.717, 1.165) is 12.1 Å². The van der Waals surface area contributed by atoms with E-state index in [1.54, 1.807) is 29.2 Å². The van der Waals surface area contributed by atoms with Gasteiger partial charge in [-0.1, -0.05) is 11.6 Å². The van der Waals surface area contributed by atoms with Crippen molar-refractivity contribution in [3.05, 3.63) is 59.1 Å². The number of benzene rings is 2. The number of likely N-dealkylation sites (tertiary alicyclic amines) is 1. The average Bonchev–Trinajstić information content (AvgIpc) is 2.74. The average molecular weight is 457 g/mol. The molecular formula is C20H19ClF2N2O4S. The van der Waals surface area contributed by atoms with Gasteiger partial charge in [0.05, 0.1) is 10.8 Å². The van der Waals surface area contributed by atoms with E-state index >= 15 is 0 Å². The molecule has 2 aromatic carbocycles. The Kier molecular flexibility index (Phi) is 6.72. The van der Waals surface area contributed by atoms with Crippen LogP contribution < -0.4 is 5.32 Å². The number of nitrogens with zero attached hydrogens (tertiary/aromatic N) is 1. The molecule has 1 aliphatic heterocycles. The molecule has 10 heteroatoms. The number of sulfone groups is 1. The summed E-state index contributed by atoms with van der Waals surface area (Å²) in [4.78, 5) is 26.3. The van der Waals surface area contributed by atoms with Gasteiger partial charge in [-0.25, -0.2) is 8.42 Å². The monoisotopic (exact) mass is 456 g/mol. The number of carbonyl (C=O) groups is 2. The van der Waals surface area contributed by atoms with Gasteiger partial charge < -0.3 is 10.2 Å².